The number of hydrogen-bond donors (Lipinski definition) is 1. The van der Waals surface area contributed by atoms with Crippen molar-refractivity contribution in [1.82, 2.24) is 10.3 Å². The van der Waals surface area contributed by atoms with E-state index < -0.39 is 0 Å². The fourth-order valence-corrected chi connectivity index (χ4v) is 3.61. The molecule has 0 aromatic carbocycles. The quantitative estimate of drug-likeness (QED) is 0.903. The number of nitrogens with zero attached hydrogens (tertiary/aromatic N) is 1. The summed E-state index contributed by atoms with van der Waals surface area (Å²) in [6, 6.07) is 4.67. The first kappa shape index (κ1) is 13.1. The van der Waals surface area contributed by atoms with Gasteiger partial charge in [-0.2, -0.15) is 0 Å². The van der Waals surface area contributed by atoms with Crippen molar-refractivity contribution >= 4 is 0 Å². The lowest BCUT2D eigenvalue weighted by molar-refractivity contribution is -0.147. The number of nitrogens with one attached hydrogen (secondary N) is 1. The molecule has 1 aromatic rings. The van der Waals surface area contributed by atoms with E-state index in [-0.39, 0.29) is 5.60 Å². The third-order valence-electron chi connectivity index (χ3n) is 4.73. The molecule has 2 fully saturated rings. The standard InChI is InChI=1S/C16H24N2O/c1-2-18-15(14-5-3-9-17-12-14)13-6-10-19-16(11-13)7-4-8-16/h3,5,9,12-13,15,18H,2,4,6-8,10-11H2,1H3. The molecule has 1 aromatic heterocycles. The Bertz CT molecular complexity index is 402. The van der Waals surface area contributed by atoms with Crippen LogP contribution in [0.25, 0.3) is 0 Å². The molecule has 1 aliphatic carbocycles. The third-order valence-corrected chi connectivity index (χ3v) is 4.73. The summed E-state index contributed by atoms with van der Waals surface area (Å²) in [6.07, 6.45) is 10.1. The SMILES string of the molecule is CCNC(c1cccnc1)C1CCOC2(CCC2)C1. The summed E-state index contributed by atoms with van der Waals surface area (Å²) in [5.41, 5.74) is 1.55. The maximum atomic E-state index is 6.05. The van der Waals surface area contributed by atoms with Crippen molar-refractivity contribution in [3.8, 4) is 0 Å². The molecule has 1 saturated heterocycles. The minimum Gasteiger partial charge on any atom is -0.375 e. The van der Waals surface area contributed by atoms with Crippen molar-refractivity contribution in [2.45, 2.75) is 50.7 Å². The minimum absolute atomic E-state index is 0.221. The number of pyridine rings is 1. The smallest absolute Gasteiger partial charge is 0.0686 e. The maximum Gasteiger partial charge on any atom is 0.0686 e. The van der Waals surface area contributed by atoms with Gasteiger partial charge in [0.1, 0.15) is 0 Å². The van der Waals surface area contributed by atoms with Gasteiger partial charge in [0.15, 0.2) is 0 Å². The molecule has 2 aliphatic rings. The van der Waals surface area contributed by atoms with Crippen LogP contribution in [0.1, 0.15) is 50.6 Å². The Morgan fingerprint density at radius 1 is 1.53 bits per heavy atom. The van der Waals surface area contributed by atoms with Crippen LogP contribution in [0.3, 0.4) is 0 Å². The van der Waals surface area contributed by atoms with E-state index in [1.165, 1.54) is 31.2 Å². The number of ether oxygens (including phenoxy) is 1. The van der Waals surface area contributed by atoms with Crippen molar-refractivity contribution in [2.75, 3.05) is 13.2 Å². The molecule has 3 nitrogen and oxygen atoms in total. The largest absolute Gasteiger partial charge is 0.375 e. The highest BCUT2D eigenvalue weighted by Gasteiger charge is 2.44. The molecule has 19 heavy (non-hydrogen) atoms. The molecular formula is C16H24N2O. The van der Waals surface area contributed by atoms with E-state index in [0.29, 0.717) is 12.0 Å². The Kier molecular flexibility index (Phi) is 3.85. The fraction of sp³-hybridized carbons (Fsp3) is 0.688. The molecule has 0 radical (unpaired) electrons. The average Bonchev–Trinajstić information content (AvgIpc) is 2.44. The van der Waals surface area contributed by atoms with Crippen molar-refractivity contribution in [2.24, 2.45) is 5.92 Å². The van der Waals surface area contributed by atoms with Gasteiger partial charge in [0.25, 0.3) is 0 Å². The van der Waals surface area contributed by atoms with Crippen molar-refractivity contribution in [1.29, 1.82) is 0 Å². The molecule has 1 spiro atoms. The molecular weight excluding hydrogens is 236 g/mol. The van der Waals surface area contributed by atoms with E-state index in [9.17, 15) is 0 Å². The summed E-state index contributed by atoms with van der Waals surface area (Å²) in [5.74, 6) is 0.679. The molecule has 3 rings (SSSR count). The Hall–Kier alpha value is -0.930. The molecule has 0 bridgehead atoms. The van der Waals surface area contributed by atoms with E-state index >= 15 is 0 Å². The fourth-order valence-electron chi connectivity index (χ4n) is 3.61. The van der Waals surface area contributed by atoms with Crippen LogP contribution in [0, 0.1) is 5.92 Å². The van der Waals surface area contributed by atoms with Crippen LogP contribution in [-0.2, 0) is 4.74 Å². The lowest BCUT2D eigenvalue weighted by Crippen LogP contribution is -2.48. The summed E-state index contributed by atoms with van der Waals surface area (Å²) in [6.45, 7) is 4.11. The van der Waals surface area contributed by atoms with Crippen molar-refractivity contribution in [3.05, 3.63) is 30.1 Å². The van der Waals surface area contributed by atoms with Crippen LogP contribution >= 0.6 is 0 Å². The highest BCUT2D eigenvalue weighted by Crippen LogP contribution is 2.47. The first-order valence-corrected chi connectivity index (χ1v) is 7.60. The summed E-state index contributed by atoms with van der Waals surface area (Å²) >= 11 is 0. The zero-order valence-electron chi connectivity index (χ0n) is 11.8. The molecule has 1 N–H and O–H groups in total. The Labute approximate surface area is 115 Å². The summed E-state index contributed by atoms with van der Waals surface area (Å²) < 4.78 is 6.05. The molecule has 0 amide bonds. The van der Waals surface area contributed by atoms with Gasteiger partial charge >= 0.3 is 0 Å². The first-order chi connectivity index (χ1) is 9.33. The lowest BCUT2D eigenvalue weighted by atomic mass is 9.70. The summed E-state index contributed by atoms with van der Waals surface area (Å²) in [4.78, 5) is 4.28. The molecule has 104 valence electrons. The van der Waals surface area contributed by atoms with Gasteiger partial charge in [-0.05, 0) is 56.2 Å². The zero-order chi connectivity index (χ0) is 13.1. The molecule has 1 aliphatic heterocycles. The molecule has 2 unspecified atom stereocenters. The van der Waals surface area contributed by atoms with Gasteiger partial charge in [-0.3, -0.25) is 4.98 Å². The Morgan fingerprint density at radius 3 is 3.05 bits per heavy atom. The maximum absolute atomic E-state index is 6.05. The van der Waals surface area contributed by atoms with Crippen LogP contribution in [0.15, 0.2) is 24.5 Å². The van der Waals surface area contributed by atoms with E-state index in [2.05, 4.69) is 23.3 Å². The average molecular weight is 260 g/mol. The predicted octanol–water partition coefficient (Wildman–Crippen LogP) is 3.08. The summed E-state index contributed by atoms with van der Waals surface area (Å²) in [5, 5.41) is 3.66. The first-order valence-electron chi connectivity index (χ1n) is 7.60. The van der Waals surface area contributed by atoms with Crippen LogP contribution in [-0.4, -0.2) is 23.7 Å². The van der Waals surface area contributed by atoms with Crippen molar-refractivity contribution < 1.29 is 4.74 Å². The zero-order valence-corrected chi connectivity index (χ0v) is 11.8. The predicted molar refractivity (Wildman–Crippen MR) is 75.9 cm³/mol. The molecule has 2 heterocycles. The third kappa shape index (κ3) is 2.67. The number of hydrogen-bond acceptors (Lipinski definition) is 3. The second-order valence-electron chi connectivity index (χ2n) is 5.96. The van der Waals surface area contributed by atoms with Gasteiger partial charge in [0.2, 0.25) is 0 Å². The van der Waals surface area contributed by atoms with Crippen LogP contribution in [0.2, 0.25) is 0 Å². The van der Waals surface area contributed by atoms with Crippen LogP contribution in [0.5, 0.6) is 0 Å². The number of aromatic nitrogens is 1. The van der Waals surface area contributed by atoms with Gasteiger partial charge in [-0.15, -0.1) is 0 Å². The number of rotatable bonds is 4. The van der Waals surface area contributed by atoms with Crippen LogP contribution in [0.4, 0.5) is 0 Å². The van der Waals surface area contributed by atoms with E-state index in [1.54, 1.807) is 0 Å². The molecule has 2 atom stereocenters. The second-order valence-corrected chi connectivity index (χ2v) is 5.96. The lowest BCUT2D eigenvalue weighted by Gasteiger charge is -2.49. The van der Waals surface area contributed by atoms with Gasteiger partial charge in [0, 0.05) is 25.0 Å². The van der Waals surface area contributed by atoms with Gasteiger partial charge in [-0.1, -0.05) is 13.0 Å². The Balaban J connectivity index is 1.76. The van der Waals surface area contributed by atoms with Gasteiger partial charge < -0.3 is 10.1 Å². The monoisotopic (exact) mass is 260 g/mol. The van der Waals surface area contributed by atoms with Gasteiger partial charge in [-0.25, -0.2) is 0 Å². The normalized spacial score (nSPS) is 26.9. The second kappa shape index (κ2) is 5.59. The van der Waals surface area contributed by atoms with E-state index in [4.69, 9.17) is 4.74 Å². The molecule has 3 heteroatoms. The highest BCUT2D eigenvalue weighted by molar-refractivity contribution is 5.16. The van der Waals surface area contributed by atoms with E-state index in [1.807, 2.05) is 18.5 Å². The van der Waals surface area contributed by atoms with Gasteiger partial charge in [0.05, 0.1) is 5.60 Å². The highest BCUT2D eigenvalue weighted by atomic mass is 16.5. The van der Waals surface area contributed by atoms with Crippen LogP contribution < -0.4 is 5.32 Å². The topological polar surface area (TPSA) is 34.2 Å². The molecule has 1 saturated carbocycles. The summed E-state index contributed by atoms with van der Waals surface area (Å²) in [7, 11) is 0. The van der Waals surface area contributed by atoms with Crippen molar-refractivity contribution in [3.63, 3.8) is 0 Å². The van der Waals surface area contributed by atoms with E-state index in [0.717, 1.165) is 19.6 Å². The Morgan fingerprint density at radius 2 is 2.42 bits per heavy atom. The minimum atomic E-state index is 0.221.